The van der Waals surface area contributed by atoms with Crippen LogP contribution >= 0.6 is 27.5 Å². The van der Waals surface area contributed by atoms with Gasteiger partial charge in [-0.05, 0) is 58.2 Å². The Bertz CT molecular complexity index is 876. The van der Waals surface area contributed by atoms with E-state index >= 15 is 0 Å². The number of oxazole rings is 1. The maximum atomic E-state index is 11.5. The minimum atomic E-state index is -0.269. The van der Waals surface area contributed by atoms with Gasteiger partial charge in [0.05, 0.1) is 5.69 Å². The fourth-order valence-electron chi connectivity index (χ4n) is 2.25. The normalized spacial score (nSPS) is 10.9. The number of rotatable bonds is 4. The third kappa shape index (κ3) is 3.41. The summed E-state index contributed by atoms with van der Waals surface area (Å²) in [5.41, 5.74) is 4.19. The van der Waals surface area contributed by atoms with Gasteiger partial charge in [0, 0.05) is 10.0 Å². The van der Waals surface area contributed by atoms with Crippen LogP contribution in [0.1, 0.15) is 12.5 Å². The molecule has 0 saturated heterocycles. The van der Waals surface area contributed by atoms with Crippen molar-refractivity contribution in [3.05, 3.63) is 46.4 Å². The van der Waals surface area contributed by atoms with Gasteiger partial charge in [-0.25, -0.2) is 4.98 Å². The van der Waals surface area contributed by atoms with Gasteiger partial charge in [0.15, 0.2) is 5.58 Å². The quantitative estimate of drug-likeness (QED) is 0.635. The summed E-state index contributed by atoms with van der Waals surface area (Å²) in [6.07, 6.45) is 0.949. The smallest absolute Gasteiger partial charge is 0.239 e. The number of nitrogens with zero attached hydrogens (tertiary/aromatic N) is 1. The third-order valence-corrected chi connectivity index (χ3v) is 4.40. The molecular weight excluding hydrogens is 380 g/mol. The lowest BCUT2D eigenvalue weighted by atomic mass is 10.1. The van der Waals surface area contributed by atoms with Crippen molar-refractivity contribution < 1.29 is 9.21 Å². The maximum Gasteiger partial charge on any atom is 0.239 e. The van der Waals surface area contributed by atoms with Crippen LogP contribution in [0, 0.1) is 0 Å². The minimum absolute atomic E-state index is 0.0979. The van der Waals surface area contributed by atoms with Gasteiger partial charge in [-0.1, -0.05) is 13.0 Å². The fourth-order valence-corrected chi connectivity index (χ4v) is 2.67. The molecule has 6 heteroatoms. The van der Waals surface area contributed by atoms with Gasteiger partial charge in [-0.3, -0.25) is 4.79 Å². The van der Waals surface area contributed by atoms with Crippen LogP contribution in [0.3, 0.4) is 0 Å². The zero-order chi connectivity index (χ0) is 16.4. The predicted molar refractivity (Wildman–Crippen MR) is 95.9 cm³/mol. The number of hydrogen-bond donors (Lipinski definition) is 1. The molecule has 0 aliphatic heterocycles. The Kier molecular flexibility index (Phi) is 4.68. The number of alkyl halides is 1. The highest BCUT2D eigenvalue weighted by molar-refractivity contribution is 9.10. The third-order valence-electron chi connectivity index (χ3n) is 3.47. The molecule has 118 valence electrons. The van der Waals surface area contributed by atoms with Crippen molar-refractivity contribution in [1.29, 1.82) is 0 Å². The van der Waals surface area contributed by atoms with E-state index in [1.54, 1.807) is 6.07 Å². The van der Waals surface area contributed by atoms with E-state index in [4.69, 9.17) is 16.0 Å². The first kappa shape index (κ1) is 16.0. The van der Waals surface area contributed by atoms with E-state index in [-0.39, 0.29) is 11.8 Å². The standard InChI is InChI=1S/C17H14BrClN2O2/c1-2-10-3-6-15-14(7-10)21-17(23-15)11-4-5-12(18)13(8-11)20-16(22)9-19/h3-8H,2,9H2,1H3,(H,20,22). The van der Waals surface area contributed by atoms with Gasteiger partial charge < -0.3 is 9.73 Å². The molecule has 0 unspecified atom stereocenters. The molecule has 4 nitrogen and oxygen atoms in total. The zero-order valence-corrected chi connectivity index (χ0v) is 14.7. The minimum Gasteiger partial charge on any atom is -0.436 e. The number of benzene rings is 2. The second-order valence-corrected chi connectivity index (χ2v) is 6.17. The summed E-state index contributed by atoms with van der Waals surface area (Å²) in [6, 6.07) is 11.5. The molecule has 0 aliphatic rings. The highest BCUT2D eigenvalue weighted by Gasteiger charge is 2.12. The predicted octanol–water partition coefficient (Wildman–Crippen LogP) is 5.00. The zero-order valence-electron chi connectivity index (χ0n) is 12.4. The molecular formula is C17H14BrClN2O2. The van der Waals surface area contributed by atoms with Gasteiger partial charge >= 0.3 is 0 Å². The Labute approximate surface area is 147 Å². The lowest BCUT2D eigenvalue weighted by Gasteiger charge is -2.07. The number of carbonyl (C=O) groups is 1. The Morgan fingerprint density at radius 2 is 2.13 bits per heavy atom. The lowest BCUT2D eigenvalue weighted by Crippen LogP contribution is -2.12. The van der Waals surface area contributed by atoms with Crippen LogP contribution in [0.4, 0.5) is 5.69 Å². The molecule has 0 bridgehead atoms. The Morgan fingerprint density at radius 1 is 1.30 bits per heavy atom. The Balaban J connectivity index is 2.01. The van der Waals surface area contributed by atoms with Crippen LogP contribution in [-0.4, -0.2) is 16.8 Å². The molecule has 0 aliphatic carbocycles. The maximum absolute atomic E-state index is 11.5. The Morgan fingerprint density at radius 3 is 2.87 bits per heavy atom. The molecule has 3 aromatic rings. The average Bonchev–Trinajstić information content (AvgIpc) is 2.99. The molecule has 0 radical (unpaired) electrons. The first-order chi connectivity index (χ1) is 11.1. The number of aromatic nitrogens is 1. The molecule has 0 fully saturated rings. The number of halogens is 2. The van der Waals surface area contributed by atoms with Gasteiger partial charge in [-0.2, -0.15) is 0 Å². The molecule has 0 saturated carbocycles. The van der Waals surface area contributed by atoms with E-state index in [9.17, 15) is 4.79 Å². The molecule has 1 aromatic heterocycles. The molecule has 1 N–H and O–H groups in total. The Hall–Kier alpha value is -1.85. The van der Waals surface area contributed by atoms with Crippen LogP contribution in [0.25, 0.3) is 22.6 Å². The van der Waals surface area contributed by atoms with E-state index in [1.165, 1.54) is 5.56 Å². The van der Waals surface area contributed by atoms with Crippen LogP contribution in [-0.2, 0) is 11.2 Å². The van der Waals surface area contributed by atoms with Crippen molar-refractivity contribution in [1.82, 2.24) is 4.98 Å². The number of anilines is 1. The van der Waals surface area contributed by atoms with E-state index in [2.05, 4.69) is 33.2 Å². The molecule has 23 heavy (non-hydrogen) atoms. The largest absolute Gasteiger partial charge is 0.436 e. The highest BCUT2D eigenvalue weighted by Crippen LogP contribution is 2.31. The molecule has 1 heterocycles. The second kappa shape index (κ2) is 6.72. The number of carbonyl (C=O) groups excluding carboxylic acids is 1. The van der Waals surface area contributed by atoms with Gasteiger partial charge in [0.1, 0.15) is 11.4 Å². The lowest BCUT2D eigenvalue weighted by molar-refractivity contribution is -0.113. The van der Waals surface area contributed by atoms with Crippen molar-refractivity contribution in [2.24, 2.45) is 0 Å². The van der Waals surface area contributed by atoms with E-state index < -0.39 is 0 Å². The van der Waals surface area contributed by atoms with Crippen LogP contribution < -0.4 is 5.32 Å². The number of fused-ring (bicyclic) bond motifs is 1. The molecule has 0 spiro atoms. The van der Waals surface area contributed by atoms with Gasteiger partial charge in [-0.15, -0.1) is 11.6 Å². The molecule has 1 amide bonds. The summed E-state index contributed by atoms with van der Waals surface area (Å²) in [6.45, 7) is 2.10. The summed E-state index contributed by atoms with van der Waals surface area (Å²) in [5.74, 6) is 0.149. The highest BCUT2D eigenvalue weighted by atomic mass is 79.9. The fraction of sp³-hybridized carbons (Fsp3) is 0.176. The summed E-state index contributed by atoms with van der Waals surface area (Å²) < 4.78 is 6.58. The average molecular weight is 394 g/mol. The van der Waals surface area contributed by atoms with E-state index in [0.29, 0.717) is 11.6 Å². The summed E-state index contributed by atoms with van der Waals surface area (Å²) in [7, 11) is 0. The topological polar surface area (TPSA) is 55.1 Å². The number of aryl methyl sites for hydroxylation is 1. The molecule has 3 rings (SSSR count). The van der Waals surface area contributed by atoms with Crippen molar-refractivity contribution >= 4 is 50.2 Å². The number of hydrogen-bond acceptors (Lipinski definition) is 3. The number of amides is 1. The summed E-state index contributed by atoms with van der Waals surface area (Å²) in [4.78, 5) is 16.0. The first-order valence-corrected chi connectivity index (χ1v) is 8.48. The summed E-state index contributed by atoms with van der Waals surface area (Å²) >= 11 is 8.94. The van der Waals surface area contributed by atoms with Crippen molar-refractivity contribution in [3.63, 3.8) is 0 Å². The molecule has 0 atom stereocenters. The van der Waals surface area contributed by atoms with E-state index in [1.807, 2.05) is 30.3 Å². The van der Waals surface area contributed by atoms with Crippen LogP contribution in [0.15, 0.2) is 45.3 Å². The van der Waals surface area contributed by atoms with Crippen molar-refractivity contribution in [2.75, 3.05) is 11.2 Å². The van der Waals surface area contributed by atoms with Crippen LogP contribution in [0.2, 0.25) is 0 Å². The summed E-state index contributed by atoms with van der Waals surface area (Å²) in [5, 5.41) is 2.73. The SMILES string of the molecule is CCc1ccc2oc(-c3ccc(Br)c(NC(=O)CCl)c3)nc2c1. The first-order valence-electron chi connectivity index (χ1n) is 7.16. The van der Waals surface area contributed by atoms with Crippen LogP contribution in [0.5, 0.6) is 0 Å². The van der Waals surface area contributed by atoms with Crippen molar-refractivity contribution in [3.8, 4) is 11.5 Å². The van der Waals surface area contributed by atoms with E-state index in [0.717, 1.165) is 27.6 Å². The monoisotopic (exact) mass is 392 g/mol. The van der Waals surface area contributed by atoms with Gasteiger partial charge in [0.25, 0.3) is 0 Å². The second-order valence-electron chi connectivity index (χ2n) is 5.05. The van der Waals surface area contributed by atoms with Crippen molar-refractivity contribution in [2.45, 2.75) is 13.3 Å². The number of nitrogens with one attached hydrogen (secondary N) is 1. The molecule has 2 aromatic carbocycles. The van der Waals surface area contributed by atoms with Gasteiger partial charge in [0.2, 0.25) is 11.8 Å².